The highest BCUT2D eigenvalue weighted by Gasteiger charge is 2.16. The van der Waals surface area contributed by atoms with E-state index >= 15 is 0 Å². The summed E-state index contributed by atoms with van der Waals surface area (Å²) in [6.45, 7) is 2.55. The minimum atomic E-state index is -0.465. The van der Waals surface area contributed by atoms with Crippen LogP contribution in [0.1, 0.15) is 28.4 Å². The highest BCUT2D eigenvalue weighted by atomic mass is 16.2. The van der Waals surface area contributed by atoms with Crippen molar-refractivity contribution in [3.05, 3.63) is 74.1 Å². The van der Waals surface area contributed by atoms with Crippen molar-refractivity contribution in [2.45, 2.75) is 19.9 Å². The van der Waals surface area contributed by atoms with Crippen molar-refractivity contribution in [3.8, 4) is 0 Å². The minimum Gasteiger partial charge on any atom is -0.337 e. The predicted octanol–water partition coefficient (Wildman–Crippen LogP) is 1.47. The fraction of sp³-hybridized carbons (Fsp3) is 0.300. The van der Waals surface area contributed by atoms with Crippen LogP contribution in [0.25, 0.3) is 11.0 Å². The summed E-state index contributed by atoms with van der Waals surface area (Å²) in [4.78, 5) is 42.9. The number of pyridine rings is 1. The molecular weight excluding hydrogens is 344 g/mol. The Morgan fingerprint density at radius 1 is 1.07 bits per heavy atom. The van der Waals surface area contributed by atoms with Gasteiger partial charge in [-0.05, 0) is 23.6 Å². The Morgan fingerprint density at radius 3 is 2.33 bits per heavy atom. The van der Waals surface area contributed by atoms with E-state index in [1.165, 1.54) is 29.4 Å². The highest BCUT2D eigenvalue weighted by Crippen LogP contribution is 2.12. The fourth-order valence-corrected chi connectivity index (χ4v) is 3.03. The van der Waals surface area contributed by atoms with Crippen LogP contribution in [0.2, 0.25) is 0 Å². The first kappa shape index (κ1) is 18.6. The second-order valence-electron chi connectivity index (χ2n) is 6.63. The standard InChI is InChI=1S/C20H22N4O3/c1-5-13-6-8-14(9-7-13)12-22(2)18(25)15-10-16-17(21-11-15)23(3)20(27)24(4)19(16)26/h6-11H,5,12H2,1-4H3. The molecule has 0 N–H and O–H groups in total. The van der Waals surface area contributed by atoms with E-state index in [4.69, 9.17) is 0 Å². The number of carbonyl (C=O) groups is 1. The molecule has 0 saturated heterocycles. The van der Waals surface area contributed by atoms with Gasteiger partial charge in [0.1, 0.15) is 5.65 Å². The number of amides is 1. The Labute approximate surface area is 156 Å². The maximum atomic E-state index is 12.8. The van der Waals surface area contributed by atoms with Crippen molar-refractivity contribution < 1.29 is 4.79 Å². The Hall–Kier alpha value is -3.22. The topological polar surface area (TPSA) is 77.2 Å². The highest BCUT2D eigenvalue weighted by molar-refractivity contribution is 5.96. The largest absolute Gasteiger partial charge is 0.337 e. The van der Waals surface area contributed by atoms with Gasteiger partial charge in [0.05, 0.1) is 10.9 Å². The molecule has 0 aliphatic carbocycles. The van der Waals surface area contributed by atoms with Gasteiger partial charge in [-0.3, -0.25) is 18.7 Å². The molecule has 0 aliphatic rings. The second-order valence-corrected chi connectivity index (χ2v) is 6.63. The van der Waals surface area contributed by atoms with E-state index in [9.17, 15) is 14.4 Å². The molecule has 0 saturated carbocycles. The van der Waals surface area contributed by atoms with Crippen LogP contribution < -0.4 is 11.2 Å². The van der Waals surface area contributed by atoms with Crippen molar-refractivity contribution in [2.75, 3.05) is 7.05 Å². The molecule has 27 heavy (non-hydrogen) atoms. The van der Waals surface area contributed by atoms with Crippen LogP contribution in [0.15, 0.2) is 46.1 Å². The van der Waals surface area contributed by atoms with Gasteiger partial charge in [-0.15, -0.1) is 0 Å². The fourth-order valence-electron chi connectivity index (χ4n) is 3.03. The number of fused-ring (bicyclic) bond motifs is 1. The molecule has 0 spiro atoms. The molecule has 0 fully saturated rings. The average molecular weight is 366 g/mol. The lowest BCUT2D eigenvalue weighted by atomic mass is 10.1. The summed E-state index contributed by atoms with van der Waals surface area (Å²) < 4.78 is 2.31. The Bertz CT molecular complexity index is 1130. The summed E-state index contributed by atoms with van der Waals surface area (Å²) >= 11 is 0. The van der Waals surface area contributed by atoms with Crippen molar-refractivity contribution in [1.29, 1.82) is 0 Å². The number of rotatable bonds is 4. The zero-order valence-electron chi connectivity index (χ0n) is 15.9. The van der Waals surface area contributed by atoms with Gasteiger partial charge in [0.25, 0.3) is 11.5 Å². The summed E-state index contributed by atoms with van der Waals surface area (Å²) in [5, 5.41) is 0.242. The lowest BCUT2D eigenvalue weighted by molar-refractivity contribution is 0.0785. The number of nitrogens with zero attached hydrogens (tertiary/aromatic N) is 4. The molecule has 0 atom stereocenters. The lowest BCUT2D eigenvalue weighted by Crippen LogP contribution is -2.37. The van der Waals surface area contributed by atoms with Gasteiger partial charge in [-0.25, -0.2) is 9.78 Å². The molecule has 3 rings (SSSR count). The van der Waals surface area contributed by atoms with E-state index in [1.807, 2.05) is 12.1 Å². The number of aromatic nitrogens is 3. The lowest BCUT2D eigenvalue weighted by Gasteiger charge is -2.18. The molecular formula is C20H22N4O3. The summed E-state index contributed by atoms with van der Waals surface area (Å²) in [5.41, 5.74) is 1.92. The normalized spacial score (nSPS) is 11.0. The molecule has 0 aliphatic heterocycles. The molecule has 140 valence electrons. The van der Waals surface area contributed by atoms with Crippen LogP contribution >= 0.6 is 0 Å². The quantitative estimate of drug-likeness (QED) is 0.701. The van der Waals surface area contributed by atoms with E-state index < -0.39 is 11.2 Å². The molecule has 7 nitrogen and oxygen atoms in total. The molecule has 7 heteroatoms. The number of benzene rings is 1. The van der Waals surface area contributed by atoms with Gasteiger partial charge >= 0.3 is 5.69 Å². The van der Waals surface area contributed by atoms with Gasteiger partial charge in [-0.1, -0.05) is 31.2 Å². The summed E-state index contributed by atoms with van der Waals surface area (Å²) in [6, 6.07) is 9.62. The molecule has 1 aromatic carbocycles. The van der Waals surface area contributed by atoms with Crippen LogP contribution in [-0.2, 0) is 27.1 Å². The van der Waals surface area contributed by atoms with E-state index in [0.29, 0.717) is 12.1 Å². The Kier molecular flexibility index (Phi) is 4.94. The summed E-state index contributed by atoms with van der Waals surface area (Å²) in [6.07, 6.45) is 2.37. The van der Waals surface area contributed by atoms with Crippen LogP contribution in [-0.4, -0.2) is 32.0 Å². The monoisotopic (exact) mass is 366 g/mol. The summed E-state index contributed by atoms with van der Waals surface area (Å²) in [7, 11) is 4.66. The average Bonchev–Trinajstić information content (AvgIpc) is 2.70. The summed E-state index contributed by atoms with van der Waals surface area (Å²) in [5.74, 6) is -0.236. The van der Waals surface area contributed by atoms with Crippen LogP contribution in [0.3, 0.4) is 0 Å². The molecule has 3 aromatic rings. The van der Waals surface area contributed by atoms with Gasteiger partial charge < -0.3 is 4.90 Å². The first-order valence-electron chi connectivity index (χ1n) is 8.72. The molecule has 0 bridgehead atoms. The smallest absolute Gasteiger partial charge is 0.332 e. The van der Waals surface area contributed by atoms with Crippen LogP contribution in [0.4, 0.5) is 0 Å². The van der Waals surface area contributed by atoms with Crippen molar-refractivity contribution in [1.82, 2.24) is 19.0 Å². The second kappa shape index (κ2) is 7.19. The maximum absolute atomic E-state index is 12.8. The van der Waals surface area contributed by atoms with Gasteiger partial charge in [0.15, 0.2) is 0 Å². The minimum absolute atomic E-state index is 0.236. The van der Waals surface area contributed by atoms with E-state index in [0.717, 1.165) is 16.6 Å². The molecule has 2 heterocycles. The number of carbonyl (C=O) groups excluding carboxylic acids is 1. The van der Waals surface area contributed by atoms with Crippen molar-refractivity contribution in [3.63, 3.8) is 0 Å². The Morgan fingerprint density at radius 2 is 1.70 bits per heavy atom. The van der Waals surface area contributed by atoms with E-state index in [-0.39, 0.29) is 16.9 Å². The van der Waals surface area contributed by atoms with Gasteiger partial charge in [0.2, 0.25) is 0 Å². The zero-order valence-corrected chi connectivity index (χ0v) is 15.9. The first-order chi connectivity index (χ1) is 12.8. The third-order valence-corrected chi connectivity index (χ3v) is 4.74. The number of aryl methyl sites for hydroxylation is 2. The van der Waals surface area contributed by atoms with Crippen molar-refractivity contribution >= 4 is 16.9 Å². The SMILES string of the molecule is CCc1ccc(CN(C)C(=O)c2cnc3c(c2)c(=O)n(C)c(=O)n3C)cc1. The van der Waals surface area contributed by atoms with Crippen molar-refractivity contribution in [2.24, 2.45) is 14.1 Å². The van der Waals surface area contributed by atoms with E-state index in [1.54, 1.807) is 19.0 Å². The van der Waals surface area contributed by atoms with Gasteiger partial charge in [-0.2, -0.15) is 0 Å². The number of hydrogen-bond acceptors (Lipinski definition) is 4. The third kappa shape index (κ3) is 3.40. The predicted molar refractivity (Wildman–Crippen MR) is 104 cm³/mol. The molecule has 2 aromatic heterocycles. The van der Waals surface area contributed by atoms with E-state index in [2.05, 4.69) is 24.0 Å². The maximum Gasteiger partial charge on any atom is 0.332 e. The number of hydrogen-bond donors (Lipinski definition) is 0. The van der Waals surface area contributed by atoms with Gasteiger partial charge in [0, 0.05) is 33.9 Å². The molecule has 1 amide bonds. The first-order valence-corrected chi connectivity index (χ1v) is 8.72. The molecule has 0 radical (unpaired) electrons. The van der Waals surface area contributed by atoms with Crippen LogP contribution in [0, 0.1) is 0 Å². The Balaban J connectivity index is 1.93. The van der Waals surface area contributed by atoms with Crippen LogP contribution in [0.5, 0.6) is 0 Å². The molecule has 0 unspecified atom stereocenters. The third-order valence-electron chi connectivity index (χ3n) is 4.74. The zero-order chi connectivity index (χ0) is 19.7.